The van der Waals surface area contributed by atoms with Gasteiger partial charge in [-0.25, -0.2) is 0 Å². The zero-order valence-corrected chi connectivity index (χ0v) is 26.4. The molecule has 6 N–H and O–H groups in total. The summed E-state index contributed by atoms with van der Waals surface area (Å²) < 4.78 is 0. The monoisotopic (exact) mass is 629 g/mol. The molecule has 3 aromatic rings. The van der Waals surface area contributed by atoms with Crippen LogP contribution in [-0.2, 0) is 0 Å². The van der Waals surface area contributed by atoms with Gasteiger partial charge in [-0.3, -0.25) is 28.8 Å². The molecule has 0 aromatic heterocycles. The molecule has 13 heteroatoms. The van der Waals surface area contributed by atoms with Crippen LogP contribution in [0.3, 0.4) is 0 Å². The Bertz CT molecular complexity index is 1560. The molecule has 13 nitrogen and oxygen atoms in total. The lowest BCUT2D eigenvalue weighted by Gasteiger charge is -2.26. The molecule has 5 rings (SSSR count). The normalized spacial score (nSPS) is 15.2. The topological polar surface area (TPSA) is 178 Å². The Morgan fingerprint density at radius 1 is 0.556 bits per heavy atom. The second-order valence-corrected chi connectivity index (χ2v) is 11.2. The summed E-state index contributed by atoms with van der Waals surface area (Å²) in [5.74, 6) is 0. The first-order chi connectivity index (χ1) is 21.2. The lowest BCUT2D eigenvalue weighted by molar-refractivity contribution is 0.237. The highest BCUT2D eigenvalue weighted by Gasteiger charge is 2.23. The molecule has 45 heavy (non-hydrogen) atoms. The lowest BCUT2D eigenvalue weighted by atomic mass is 9.95. The van der Waals surface area contributed by atoms with Crippen molar-refractivity contribution in [3.05, 3.63) is 61.3 Å². The zero-order valence-electron chi connectivity index (χ0n) is 26.4. The van der Waals surface area contributed by atoms with E-state index in [1.54, 1.807) is 21.1 Å². The average molecular weight is 630 g/mol. The third-order valence-corrected chi connectivity index (χ3v) is 8.16. The van der Waals surface area contributed by atoms with Crippen molar-refractivity contribution in [2.24, 2.45) is 0 Å². The molecular formula is C32H51N7O6. The first kappa shape index (κ1) is 37.2. The molecule has 1 aliphatic carbocycles. The van der Waals surface area contributed by atoms with Crippen molar-refractivity contribution in [2.75, 3.05) is 85.8 Å². The van der Waals surface area contributed by atoms with Gasteiger partial charge in [0.25, 0.3) is 32.6 Å². The van der Waals surface area contributed by atoms with Crippen molar-refractivity contribution >= 4 is 34.1 Å². The van der Waals surface area contributed by atoms with Crippen LogP contribution in [0.4, 0.5) is 34.1 Å². The van der Waals surface area contributed by atoms with Crippen LogP contribution in [0.1, 0.15) is 72.1 Å². The van der Waals surface area contributed by atoms with Crippen LogP contribution in [0.5, 0.6) is 0 Å². The molecule has 1 heterocycles. The van der Waals surface area contributed by atoms with Crippen LogP contribution in [0.2, 0.25) is 0 Å². The van der Waals surface area contributed by atoms with Crippen LogP contribution in [-0.4, -0.2) is 64.8 Å². The van der Waals surface area contributed by atoms with Gasteiger partial charge in [-0.15, -0.1) is 0 Å². The summed E-state index contributed by atoms with van der Waals surface area (Å²) in [7, 11) is 4.96. The van der Waals surface area contributed by atoms with Gasteiger partial charge in [-0.2, -0.15) is 0 Å². The number of hydrogen-bond donors (Lipinski definition) is 6. The zero-order chi connectivity index (χ0) is 32.2. The van der Waals surface area contributed by atoms with Crippen LogP contribution < -0.4 is 64.5 Å². The van der Waals surface area contributed by atoms with Crippen LogP contribution >= 0.6 is 0 Å². The van der Waals surface area contributed by atoms with E-state index in [0.717, 1.165) is 52.0 Å². The van der Waals surface area contributed by atoms with Gasteiger partial charge in [0.1, 0.15) is 34.1 Å². The Morgan fingerprint density at radius 2 is 0.956 bits per heavy atom. The number of likely N-dealkylation sites (tertiary alicyclic amines) is 1. The van der Waals surface area contributed by atoms with Crippen molar-refractivity contribution in [3.8, 4) is 0 Å². The molecule has 2 aliphatic rings. The molecule has 1 aliphatic heterocycles. The maximum absolute atomic E-state index is 11.3. The van der Waals surface area contributed by atoms with Gasteiger partial charge in [0, 0.05) is 46.8 Å². The smallest absolute Gasteiger partial charge is 0.253 e. The Balaban J connectivity index is 0.000000236. The number of hydrogen-bond acceptors (Lipinski definition) is 13. The summed E-state index contributed by atoms with van der Waals surface area (Å²) in [6.07, 6.45) is 10.7. The van der Waals surface area contributed by atoms with E-state index in [1.165, 1.54) is 38.5 Å². The minimum Gasteiger partial charge on any atom is -0.383 e. The van der Waals surface area contributed by atoms with Gasteiger partial charge in [0.2, 0.25) is 0 Å². The van der Waals surface area contributed by atoms with E-state index < -0.39 is 27.1 Å². The van der Waals surface area contributed by atoms with Gasteiger partial charge >= 0.3 is 0 Å². The number of nitrogens with one attached hydrogen (secondary N) is 6. The second-order valence-electron chi connectivity index (χ2n) is 11.2. The van der Waals surface area contributed by atoms with Crippen LogP contribution in [0.15, 0.2) is 28.8 Å². The van der Waals surface area contributed by atoms with Crippen molar-refractivity contribution in [2.45, 2.75) is 78.2 Å². The average Bonchev–Trinajstić information content (AvgIpc) is 3.06. The van der Waals surface area contributed by atoms with Gasteiger partial charge in [-0.1, -0.05) is 40.0 Å². The minimum atomic E-state index is -0.420. The van der Waals surface area contributed by atoms with Crippen molar-refractivity contribution < 1.29 is 0 Å². The number of nitrogens with zero attached hydrogens (tertiary/aromatic N) is 1. The fraction of sp³-hybridized carbons (Fsp3) is 0.625. The first-order valence-electron chi connectivity index (χ1n) is 15.7. The molecule has 0 atom stereocenters. The highest BCUT2D eigenvalue weighted by molar-refractivity contribution is 5.75. The molecule has 0 amide bonds. The Hall–Kier alpha value is -4.00. The molecule has 1 saturated carbocycles. The maximum Gasteiger partial charge on any atom is 0.253 e. The largest absolute Gasteiger partial charge is 0.383 e. The molecule has 0 spiro atoms. The summed E-state index contributed by atoms with van der Waals surface area (Å²) in [5.41, 5.74) is 0.270. The van der Waals surface area contributed by atoms with Crippen LogP contribution in [0, 0.1) is 0 Å². The van der Waals surface area contributed by atoms with E-state index in [0.29, 0.717) is 40.2 Å². The Morgan fingerprint density at radius 3 is 1.42 bits per heavy atom. The predicted molar refractivity (Wildman–Crippen MR) is 187 cm³/mol. The highest BCUT2D eigenvalue weighted by Crippen LogP contribution is 2.23. The van der Waals surface area contributed by atoms with Gasteiger partial charge < -0.3 is 36.8 Å². The number of rotatable bonds is 12. The molecule has 1 saturated heterocycles. The Labute approximate surface area is 264 Å². The molecule has 0 radical (unpaired) electrons. The summed E-state index contributed by atoms with van der Waals surface area (Å²) >= 11 is 0. The van der Waals surface area contributed by atoms with Gasteiger partial charge in [0.15, 0.2) is 0 Å². The highest BCUT2D eigenvalue weighted by atomic mass is 16.2. The second kappa shape index (κ2) is 18.1. The van der Waals surface area contributed by atoms with Gasteiger partial charge in [0.05, 0.1) is 0 Å². The molecule has 0 bridgehead atoms. The number of anilines is 6. The fourth-order valence-electron chi connectivity index (χ4n) is 5.59. The summed E-state index contributed by atoms with van der Waals surface area (Å²) in [4.78, 5) is 69.0. The molecule has 0 unspecified atom stereocenters. The quantitative estimate of drug-likeness (QED) is 0.161. The lowest BCUT2D eigenvalue weighted by Crippen LogP contribution is -2.39. The van der Waals surface area contributed by atoms with Crippen molar-refractivity contribution in [3.63, 3.8) is 0 Å². The van der Waals surface area contributed by atoms with E-state index in [9.17, 15) is 28.8 Å². The Kier molecular flexibility index (Phi) is 14.9. The van der Waals surface area contributed by atoms with Gasteiger partial charge in [-0.05, 0) is 45.2 Å². The van der Waals surface area contributed by atoms with E-state index in [4.69, 9.17) is 0 Å². The maximum atomic E-state index is 11.3. The standard InChI is InChI=1S/C12H19N3O2.C11H16N2O2.C8H12N2O2.CH4/c1-13-9-10(12(17)11(9)16)14-5-8-15-6-3-2-4-7-15;1-12-8-9(11(15)10(8)14)13-7-5-3-2-4-6-7;1-3-4-10-6-5(9-2)7(11)8(6)12;/h13-14H,2-8H2,1H3;7,12-13H,2-6H2,1H3;9-10H,3-4H2,1-2H3;1H4. The SMILES string of the molecule is C.CCCNc1c(NC)c(=O)c1=O.CNc1c(NC2CCCCC2)c(=O)c1=O.CNc1c(NCCN2CCCCC2)c(=O)c1=O. The summed E-state index contributed by atoms with van der Waals surface area (Å²) in [6.45, 7) is 6.66. The minimum absolute atomic E-state index is 0. The van der Waals surface area contributed by atoms with E-state index in [-0.39, 0.29) is 12.9 Å². The molecule has 3 aromatic carbocycles. The number of piperidine rings is 1. The van der Waals surface area contributed by atoms with Crippen molar-refractivity contribution in [1.29, 1.82) is 0 Å². The predicted octanol–water partition coefficient (Wildman–Crippen LogP) is 2.07. The van der Waals surface area contributed by atoms with E-state index in [1.807, 2.05) is 6.92 Å². The molecule has 2 fully saturated rings. The molecule has 250 valence electrons. The van der Waals surface area contributed by atoms with E-state index in [2.05, 4.69) is 36.8 Å². The third-order valence-electron chi connectivity index (χ3n) is 8.16. The summed E-state index contributed by atoms with van der Waals surface area (Å²) in [5, 5.41) is 17.3. The third kappa shape index (κ3) is 9.03. The van der Waals surface area contributed by atoms with Crippen LogP contribution in [0.25, 0.3) is 0 Å². The summed E-state index contributed by atoms with van der Waals surface area (Å²) in [6, 6.07) is 0.370. The van der Waals surface area contributed by atoms with E-state index >= 15 is 0 Å². The first-order valence-corrected chi connectivity index (χ1v) is 15.7. The fourth-order valence-corrected chi connectivity index (χ4v) is 5.59. The molecular weight excluding hydrogens is 578 g/mol. The van der Waals surface area contributed by atoms with Crippen molar-refractivity contribution in [1.82, 2.24) is 4.90 Å².